The second kappa shape index (κ2) is 6.50. The van der Waals surface area contributed by atoms with Crippen LogP contribution in [0, 0.1) is 6.92 Å². The lowest BCUT2D eigenvalue weighted by molar-refractivity contribution is 0.0951. The zero-order valence-corrected chi connectivity index (χ0v) is 12.7. The van der Waals surface area contributed by atoms with Crippen LogP contribution in [0.25, 0.3) is 0 Å². The second-order valence-corrected chi connectivity index (χ2v) is 5.10. The van der Waals surface area contributed by atoms with Gasteiger partial charge >= 0.3 is 0 Å². The quantitative estimate of drug-likeness (QED) is 0.853. The van der Waals surface area contributed by atoms with E-state index < -0.39 is 0 Å². The molecule has 1 amide bonds. The number of nitrogens with two attached hydrogens (primary N) is 1. The molecule has 0 saturated carbocycles. The molecule has 5 heteroatoms. The van der Waals surface area contributed by atoms with Gasteiger partial charge in [0.25, 0.3) is 5.91 Å². The summed E-state index contributed by atoms with van der Waals surface area (Å²) in [4.78, 5) is 12.2. The predicted molar refractivity (Wildman–Crippen MR) is 84.8 cm³/mol. The fourth-order valence-electron chi connectivity index (χ4n) is 2.05. The Morgan fingerprint density at radius 1 is 1.33 bits per heavy atom. The molecule has 0 heterocycles. The highest BCUT2D eigenvalue weighted by Gasteiger charge is 2.12. The van der Waals surface area contributed by atoms with Crippen molar-refractivity contribution in [1.82, 2.24) is 5.32 Å². The number of anilines is 1. The number of carbonyl (C=O) groups excluding carboxylic acids is 1. The van der Waals surface area contributed by atoms with E-state index in [4.69, 9.17) is 22.1 Å². The Hall–Kier alpha value is -2.20. The fourth-order valence-corrected chi connectivity index (χ4v) is 2.29. The largest absolute Gasteiger partial charge is 0.496 e. The molecule has 2 aromatic rings. The lowest BCUT2D eigenvalue weighted by atomic mass is 10.1. The van der Waals surface area contributed by atoms with Crippen LogP contribution in [0.5, 0.6) is 5.75 Å². The van der Waals surface area contributed by atoms with Gasteiger partial charge in [0.1, 0.15) is 5.75 Å². The molecule has 2 aromatic carbocycles. The molecule has 0 aliphatic carbocycles. The summed E-state index contributed by atoms with van der Waals surface area (Å²) >= 11 is 6.13. The molecule has 3 N–H and O–H groups in total. The van der Waals surface area contributed by atoms with Crippen LogP contribution in [0.3, 0.4) is 0 Å². The van der Waals surface area contributed by atoms with Crippen molar-refractivity contribution in [3.05, 3.63) is 58.1 Å². The number of hydrogen-bond donors (Lipinski definition) is 2. The van der Waals surface area contributed by atoms with Gasteiger partial charge in [-0.3, -0.25) is 4.79 Å². The topological polar surface area (TPSA) is 64.3 Å². The molecule has 2 rings (SSSR count). The number of carbonyl (C=O) groups is 1. The van der Waals surface area contributed by atoms with Crippen molar-refractivity contribution < 1.29 is 9.53 Å². The number of halogens is 1. The van der Waals surface area contributed by atoms with Crippen molar-refractivity contribution in [2.45, 2.75) is 13.5 Å². The molecule has 0 aliphatic rings. The van der Waals surface area contributed by atoms with Crippen LogP contribution in [-0.4, -0.2) is 13.0 Å². The van der Waals surface area contributed by atoms with Gasteiger partial charge in [-0.15, -0.1) is 0 Å². The minimum atomic E-state index is -0.241. The smallest absolute Gasteiger partial charge is 0.253 e. The molecule has 0 aromatic heterocycles. The van der Waals surface area contributed by atoms with Crippen LogP contribution in [0.2, 0.25) is 5.02 Å². The van der Waals surface area contributed by atoms with Gasteiger partial charge in [-0.25, -0.2) is 0 Å². The number of hydrogen-bond acceptors (Lipinski definition) is 3. The fraction of sp³-hybridized carbons (Fsp3) is 0.188. The lowest BCUT2D eigenvalue weighted by Gasteiger charge is -2.12. The van der Waals surface area contributed by atoms with Crippen molar-refractivity contribution in [3.63, 3.8) is 0 Å². The number of aryl methyl sites for hydroxylation is 1. The monoisotopic (exact) mass is 304 g/mol. The van der Waals surface area contributed by atoms with E-state index in [2.05, 4.69) is 5.32 Å². The average molecular weight is 305 g/mol. The Labute approximate surface area is 128 Å². The minimum absolute atomic E-state index is 0.241. The highest BCUT2D eigenvalue weighted by atomic mass is 35.5. The van der Waals surface area contributed by atoms with Crippen LogP contribution < -0.4 is 15.8 Å². The molecule has 0 spiro atoms. The van der Waals surface area contributed by atoms with Crippen molar-refractivity contribution in [2.24, 2.45) is 0 Å². The Bertz CT molecular complexity index is 671. The van der Waals surface area contributed by atoms with Crippen LogP contribution in [0.4, 0.5) is 5.69 Å². The van der Waals surface area contributed by atoms with Crippen LogP contribution >= 0.6 is 11.6 Å². The molecule has 0 fully saturated rings. The van der Waals surface area contributed by atoms with Gasteiger partial charge in [0.15, 0.2) is 0 Å². The summed E-state index contributed by atoms with van der Waals surface area (Å²) in [6.45, 7) is 2.20. The molecule has 0 unspecified atom stereocenters. The number of nitrogen functional groups attached to an aromatic ring is 1. The second-order valence-electron chi connectivity index (χ2n) is 4.69. The van der Waals surface area contributed by atoms with E-state index in [-0.39, 0.29) is 12.5 Å². The molecule has 0 aliphatic heterocycles. The van der Waals surface area contributed by atoms with Gasteiger partial charge in [0.05, 0.1) is 12.7 Å². The molecule has 0 radical (unpaired) electrons. The summed E-state index contributed by atoms with van der Waals surface area (Å²) < 4.78 is 5.24. The third kappa shape index (κ3) is 3.47. The standard InChI is InChI=1S/C16H17ClN2O2/c1-10-6-7-11(14(18)8-10)16(20)19-9-12-13(17)4-3-5-15(12)21-2/h3-8H,9,18H2,1-2H3,(H,19,20). The van der Waals surface area contributed by atoms with Gasteiger partial charge in [0, 0.05) is 22.8 Å². The van der Waals surface area contributed by atoms with Gasteiger partial charge in [-0.2, -0.15) is 0 Å². The van der Waals surface area contributed by atoms with Crippen LogP contribution in [-0.2, 0) is 6.54 Å². The zero-order chi connectivity index (χ0) is 15.4. The number of ether oxygens (including phenoxy) is 1. The highest BCUT2D eigenvalue weighted by Crippen LogP contribution is 2.26. The van der Waals surface area contributed by atoms with E-state index in [1.54, 1.807) is 37.4 Å². The predicted octanol–water partition coefficient (Wildman–Crippen LogP) is 3.17. The SMILES string of the molecule is COc1cccc(Cl)c1CNC(=O)c1ccc(C)cc1N. The zero-order valence-electron chi connectivity index (χ0n) is 11.9. The van der Waals surface area contributed by atoms with Crippen LogP contribution in [0.1, 0.15) is 21.5 Å². The van der Waals surface area contributed by atoms with Crippen molar-refractivity contribution in [3.8, 4) is 5.75 Å². The third-order valence-electron chi connectivity index (χ3n) is 3.17. The lowest BCUT2D eigenvalue weighted by Crippen LogP contribution is -2.24. The first-order chi connectivity index (χ1) is 10.0. The summed E-state index contributed by atoms with van der Waals surface area (Å²) in [6, 6.07) is 10.7. The molecule has 0 atom stereocenters. The Morgan fingerprint density at radius 3 is 2.76 bits per heavy atom. The summed E-state index contributed by atoms with van der Waals surface area (Å²) in [5.74, 6) is 0.397. The first-order valence-electron chi connectivity index (χ1n) is 6.48. The van der Waals surface area contributed by atoms with E-state index in [9.17, 15) is 4.79 Å². The molecular formula is C16H17ClN2O2. The van der Waals surface area contributed by atoms with Gasteiger partial charge in [0.2, 0.25) is 0 Å². The molecule has 0 bridgehead atoms. The number of methoxy groups -OCH3 is 1. The van der Waals surface area contributed by atoms with E-state index in [1.165, 1.54) is 0 Å². The van der Waals surface area contributed by atoms with Crippen molar-refractivity contribution >= 4 is 23.2 Å². The first kappa shape index (κ1) is 15.2. The maximum atomic E-state index is 12.2. The van der Waals surface area contributed by atoms with E-state index in [0.29, 0.717) is 22.0 Å². The molecule has 110 valence electrons. The van der Waals surface area contributed by atoms with E-state index in [1.807, 2.05) is 13.0 Å². The molecule has 21 heavy (non-hydrogen) atoms. The van der Waals surface area contributed by atoms with Crippen molar-refractivity contribution in [2.75, 3.05) is 12.8 Å². The van der Waals surface area contributed by atoms with Gasteiger partial charge < -0.3 is 15.8 Å². The number of nitrogens with one attached hydrogen (secondary N) is 1. The number of amides is 1. The van der Waals surface area contributed by atoms with E-state index >= 15 is 0 Å². The maximum Gasteiger partial charge on any atom is 0.253 e. The molecule has 4 nitrogen and oxygen atoms in total. The Kier molecular flexibility index (Phi) is 4.70. The Balaban J connectivity index is 2.15. The highest BCUT2D eigenvalue weighted by molar-refractivity contribution is 6.31. The normalized spacial score (nSPS) is 10.2. The first-order valence-corrected chi connectivity index (χ1v) is 6.86. The summed E-state index contributed by atoms with van der Waals surface area (Å²) in [5.41, 5.74) is 8.52. The summed E-state index contributed by atoms with van der Waals surface area (Å²) in [6.07, 6.45) is 0. The van der Waals surface area contributed by atoms with E-state index in [0.717, 1.165) is 11.1 Å². The molecule has 0 saturated heterocycles. The van der Waals surface area contributed by atoms with Gasteiger partial charge in [-0.1, -0.05) is 23.7 Å². The van der Waals surface area contributed by atoms with Crippen molar-refractivity contribution in [1.29, 1.82) is 0 Å². The minimum Gasteiger partial charge on any atom is -0.496 e. The Morgan fingerprint density at radius 2 is 2.10 bits per heavy atom. The maximum absolute atomic E-state index is 12.2. The molecular weight excluding hydrogens is 288 g/mol. The summed E-state index contributed by atoms with van der Waals surface area (Å²) in [7, 11) is 1.56. The summed E-state index contributed by atoms with van der Waals surface area (Å²) in [5, 5.41) is 3.36. The van der Waals surface area contributed by atoms with Gasteiger partial charge in [-0.05, 0) is 36.8 Å². The third-order valence-corrected chi connectivity index (χ3v) is 3.53. The van der Waals surface area contributed by atoms with Crippen LogP contribution in [0.15, 0.2) is 36.4 Å². The number of benzene rings is 2. The number of rotatable bonds is 4. The average Bonchev–Trinajstić information content (AvgIpc) is 2.45.